The Bertz CT molecular complexity index is 2940. The summed E-state index contributed by atoms with van der Waals surface area (Å²) < 4.78 is 0. The number of benzene rings is 7. The fraction of sp³-hybridized carbons (Fsp3) is 0. The zero-order valence-corrected chi connectivity index (χ0v) is 28.1. The van der Waals surface area contributed by atoms with Crippen LogP contribution in [0.3, 0.4) is 0 Å². The van der Waals surface area contributed by atoms with Gasteiger partial charge in [0, 0.05) is 43.8 Å². The maximum atomic E-state index is 5.29. The van der Waals surface area contributed by atoms with Crippen molar-refractivity contribution >= 4 is 43.6 Å². The smallest absolute Gasteiger partial charge is 0.160 e. The van der Waals surface area contributed by atoms with E-state index in [-0.39, 0.29) is 0 Å². The van der Waals surface area contributed by atoms with Gasteiger partial charge in [-0.1, -0.05) is 158 Å². The number of para-hydroxylation sites is 2. The van der Waals surface area contributed by atoms with Crippen molar-refractivity contribution in [1.82, 2.24) is 19.9 Å². The Balaban J connectivity index is 1.10. The van der Waals surface area contributed by atoms with Crippen LogP contribution in [0.15, 0.2) is 182 Å². The predicted molar refractivity (Wildman–Crippen MR) is 215 cm³/mol. The first-order valence-corrected chi connectivity index (χ1v) is 17.5. The molecule has 52 heavy (non-hydrogen) atoms. The largest absolute Gasteiger partial charge is 0.245 e. The molecular weight excluding hydrogens is 633 g/mol. The summed E-state index contributed by atoms with van der Waals surface area (Å²) in [6, 6.07) is 63.2. The molecule has 0 N–H and O–H groups in total. The van der Waals surface area contributed by atoms with Crippen molar-refractivity contribution in [3.63, 3.8) is 0 Å². The summed E-state index contributed by atoms with van der Waals surface area (Å²) in [5, 5.41) is 4.29. The Hall–Kier alpha value is -7.04. The Morgan fingerprint density at radius 2 is 0.904 bits per heavy atom. The van der Waals surface area contributed by atoms with E-state index in [0.717, 1.165) is 77.3 Å². The third-order valence-corrected chi connectivity index (χ3v) is 9.86. The summed E-state index contributed by atoms with van der Waals surface area (Å²) in [6.45, 7) is 0. The Morgan fingerprint density at radius 1 is 0.308 bits per heavy atom. The summed E-state index contributed by atoms with van der Waals surface area (Å²) >= 11 is 0. The maximum absolute atomic E-state index is 5.29. The Labute approximate surface area is 300 Å². The van der Waals surface area contributed by atoms with Gasteiger partial charge in [-0.05, 0) is 41.0 Å². The molecule has 3 aromatic heterocycles. The molecule has 0 bridgehead atoms. The molecule has 4 nitrogen and oxygen atoms in total. The van der Waals surface area contributed by atoms with E-state index in [1.807, 2.05) is 24.3 Å². The van der Waals surface area contributed by atoms with E-state index in [1.165, 1.54) is 16.7 Å². The summed E-state index contributed by atoms with van der Waals surface area (Å²) in [4.78, 5) is 20.7. The van der Waals surface area contributed by atoms with Gasteiger partial charge in [0.15, 0.2) is 5.82 Å². The van der Waals surface area contributed by atoms with Crippen LogP contribution in [-0.2, 0) is 0 Å². The van der Waals surface area contributed by atoms with Crippen molar-refractivity contribution in [2.24, 2.45) is 0 Å². The first-order valence-electron chi connectivity index (χ1n) is 17.5. The van der Waals surface area contributed by atoms with E-state index < -0.39 is 0 Å². The zero-order valence-electron chi connectivity index (χ0n) is 28.1. The summed E-state index contributed by atoms with van der Waals surface area (Å²) in [5.41, 5.74) is 13.1. The molecule has 7 aromatic carbocycles. The molecule has 4 heteroatoms. The SMILES string of the molecule is c1ccc(-c2ccc(-c3nc(-c4cccc(-c5ccc6ccc7c(-c8ccccc8)c8ccccc8nc7c6n5)c4)nc4ccccc34)cc2)cc1. The van der Waals surface area contributed by atoms with Crippen molar-refractivity contribution < 1.29 is 0 Å². The average Bonchev–Trinajstić information content (AvgIpc) is 3.23. The van der Waals surface area contributed by atoms with Crippen molar-refractivity contribution in [1.29, 1.82) is 0 Å². The summed E-state index contributed by atoms with van der Waals surface area (Å²) in [7, 11) is 0. The van der Waals surface area contributed by atoms with Crippen molar-refractivity contribution in [3.05, 3.63) is 182 Å². The predicted octanol–water partition coefficient (Wildman–Crippen LogP) is 12.2. The molecule has 0 radical (unpaired) electrons. The minimum absolute atomic E-state index is 0.676. The summed E-state index contributed by atoms with van der Waals surface area (Å²) in [5.74, 6) is 0.676. The van der Waals surface area contributed by atoms with E-state index in [2.05, 4.69) is 158 Å². The van der Waals surface area contributed by atoms with E-state index in [0.29, 0.717) is 5.82 Å². The number of hydrogen-bond donors (Lipinski definition) is 0. The molecule has 242 valence electrons. The van der Waals surface area contributed by atoms with E-state index in [9.17, 15) is 0 Å². The molecule has 0 saturated carbocycles. The number of hydrogen-bond acceptors (Lipinski definition) is 4. The van der Waals surface area contributed by atoms with Gasteiger partial charge in [0.2, 0.25) is 0 Å². The van der Waals surface area contributed by atoms with Crippen LogP contribution in [0.25, 0.3) is 99.8 Å². The quantitative estimate of drug-likeness (QED) is 0.136. The maximum Gasteiger partial charge on any atom is 0.160 e. The van der Waals surface area contributed by atoms with E-state index >= 15 is 0 Å². The lowest BCUT2D eigenvalue weighted by Crippen LogP contribution is -1.96. The molecule has 3 heterocycles. The van der Waals surface area contributed by atoms with E-state index in [4.69, 9.17) is 19.9 Å². The molecule has 0 aliphatic carbocycles. The topological polar surface area (TPSA) is 51.6 Å². The Kier molecular flexibility index (Phi) is 7.10. The molecule has 0 spiro atoms. The minimum Gasteiger partial charge on any atom is -0.245 e. The van der Waals surface area contributed by atoms with Gasteiger partial charge in [0.1, 0.15) is 0 Å². The highest BCUT2D eigenvalue weighted by Gasteiger charge is 2.16. The second kappa shape index (κ2) is 12.4. The monoisotopic (exact) mass is 662 g/mol. The number of rotatable bonds is 5. The van der Waals surface area contributed by atoms with Crippen molar-refractivity contribution in [2.45, 2.75) is 0 Å². The number of pyridine rings is 2. The van der Waals surface area contributed by atoms with Crippen LogP contribution >= 0.6 is 0 Å². The lowest BCUT2D eigenvalue weighted by molar-refractivity contribution is 1.23. The van der Waals surface area contributed by atoms with Crippen LogP contribution in [-0.4, -0.2) is 19.9 Å². The van der Waals surface area contributed by atoms with Gasteiger partial charge in [-0.15, -0.1) is 0 Å². The van der Waals surface area contributed by atoms with Crippen LogP contribution in [0.5, 0.6) is 0 Å². The highest BCUT2D eigenvalue weighted by atomic mass is 14.9. The molecule has 0 aliphatic rings. The lowest BCUT2D eigenvalue weighted by atomic mass is 9.95. The summed E-state index contributed by atoms with van der Waals surface area (Å²) in [6.07, 6.45) is 0. The fourth-order valence-corrected chi connectivity index (χ4v) is 7.31. The van der Waals surface area contributed by atoms with Gasteiger partial charge < -0.3 is 0 Å². The van der Waals surface area contributed by atoms with Crippen LogP contribution in [0, 0.1) is 0 Å². The fourth-order valence-electron chi connectivity index (χ4n) is 7.31. The molecular formula is C48H30N4. The molecule has 0 fully saturated rings. The normalized spacial score (nSPS) is 11.5. The van der Waals surface area contributed by atoms with Crippen LogP contribution < -0.4 is 0 Å². The van der Waals surface area contributed by atoms with Crippen molar-refractivity contribution in [3.8, 4) is 56.2 Å². The van der Waals surface area contributed by atoms with Gasteiger partial charge in [-0.3, -0.25) is 0 Å². The highest BCUT2D eigenvalue weighted by Crippen LogP contribution is 2.38. The molecule has 10 aromatic rings. The number of aromatic nitrogens is 4. The molecule has 0 unspecified atom stereocenters. The van der Waals surface area contributed by atoms with Gasteiger partial charge in [0.25, 0.3) is 0 Å². The Morgan fingerprint density at radius 3 is 1.69 bits per heavy atom. The number of nitrogens with zero attached hydrogens (tertiary/aromatic N) is 4. The second-order valence-electron chi connectivity index (χ2n) is 13.0. The lowest BCUT2D eigenvalue weighted by Gasteiger charge is -2.13. The standard InChI is InChI=1S/C48H30N4/c1-3-12-31(13-4-1)32-22-24-34(25-23-32)45-39-19-8-10-21-43(39)51-48(52-45)37-17-11-16-36(30-37)41-29-27-35-26-28-40-44(33-14-5-2-6-15-33)38-18-7-9-20-42(38)50-47(40)46(35)49-41/h1-30H. The van der Waals surface area contributed by atoms with Gasteiger partial charge >= 0.3 is 0 Å². The molecule has 0 aliphatic heterocycles. The first kappa shape index (κ1) is 29.8. The van der Waals surface area contributed by atoms with Crippen LogP contribution in [0.4, 0.5) is 0 Å². The molecule has 0 amide bonds. The van der Waals surface area contributed by atoms with Gasteiger partial charge in [0.05, 0.1) is 33.5 Å². The van der Waals surface area contributed by atoms with E-state index in [1.54, 1.807) is 0 Å². The zero-order chi connectivity index (χ0) is 34.4. The minimum atomic E-state index is 0.676. The molecule has 0 atom stereocenters. The third-order valence-electron chi connectivity index (χ3n) is 9.86. The van der Waals surface area contributed by atoms with Crippen molar-refractivity contribution in [2.75, 3.05) is 0 Å². The third kappa shape index (κ3) is 5.17. The highest BCUT2D eigenvalue weighted by molar-refractivity contribution is 6.16. The van der Waals surface area contributed by atoms with Gasteiger partial charge in [-0.2, -0.15) is 0 Å². The second-order valence-corrected chi connectivity index (χ2v) is 13.0. The van der Waals surface area contributed by atoms with Crippen LogP contribution in [0.2, 0.25) is 0 Å². The number of fused-ring (bicyclic) bond motifs is 5. The molecule has 0 saturated heterocycles. The first-order chi connectivity index (χ1) is 25.8. The van der Waals surface area contributed by atoms with Gasteiger partial charge in [-0.25, -0.2) is 19.9 Å². The molecule has 10 rings (SSSR count). The average molecular weight is 663 g/mol. The van der Waals surface area contributed by atoms with Crippen LogP contribution in [0.1, 0.15) is 0 Å².